The summed E-state index contributed by atoms with van der Waals surface area (Å²) in [4.78, 5) is 3.78. The quantitative estimate of drug-likeness (QED) is 0.550. The monoisotopic (exact) mass is 142 g/mol. The van der Waals surface area contributed by atoms with Crippen molar-refractivity contribution in [3.63, 3.8) is 0 Å². The molecule has 0 aromatic rings. The molecule has 58 valence electrons. The van der Waals surface area contributed by atoms with Crippen LogP contribution in [0, 0.1) is 0 Å². The Hall–Kier alpha value is -0.830. The van der Waals surface area contributed by atoms with Gasteiger partial charge in [0, 0.05) is 25.5 Å². The molecule has 0 atom stereocenters. The Balaban J connectivity index is 3.49. The molecule has 0 bridgehead atoms. The Kier molecular flexibility index (Phi) is 5.77. The maximum atomic E-state index is 8.42. The molecular weight excluding hydrogens is 128 g/mol. The largest absolute Gasteiger partial charge is 0.395 e. The third kappa shape index (κ3) is 5.31. The van der Waals surface area contributed by atoms with Gasteiger partial charge < -0.3 is 10.4 Å². The molecule has 0 radical (unpaired) electrons. The van der Waals surface area contributed by atoms with Crippen molar-refractivity contribution in [2.75, 3.05) is 20.2 Å². The Morgan fingerprint density at radius 1 is 1.70 bits per heavy atom. The highest BCUT2D eigenvalue weighted by Crippen LogP contribution is 1.81. The van der Waals surface area contributed by atoms with E-state index in [0.29, 0.717) is 6.54 Å². The van der Waals surface area contributed by atoms with Crippen molar-refractivity contribution in [1.82, 2.24) is 5.32 Å². The van der Waals surface area contributed by atoms with Gasteiger partial charge in [0.15, 0.2) is 0 Å². The molecule has 0 aromatic heterocycles. The van der Waals surface area contributed by atoms with Crippen LogP contribution in [0.4, 0.5) is 0 Å². The van der Waals surface area contributed by atoms with Gasteiger partial charge in [0.1, 0.15) is 0 Å². The van der Waals surface area contributed by atoms with Gasteiger partial charge in [0.05, 0.1) is 6.61 Å². The van der Waals surface area contributed by atoms with Crippen molar-refractivity contribution in [2.45, 2.75) is 6.92 Å². The smallest absolute Gasteiger partial charge is 0.0603 e. The predicted octanol–water partition coefficient (Wildman–Crippen LogP) is 0.173. The first-order chi connectivity index (χ1) is 4.81. The lowest BCUT2D eigenvalue weighted by Crippen LogP contribution is -2.15. The van der Waals surface area contributed by atoms with Crippen LogP contribution in [0.2, 0.25) is 0 Å². The van der Waals surface area contributed by atoms with Crippen LogP contribution in [-0.2, 0) is 0 Å². The Labute approximate surface area is 61.5 Å². The summed E-state index contributed by atoms with van der Waals surface area (Å²) >= 11 is 0. The summed E-state index contributed by atoms with van der Waals surface area (Å²) < 4.78 is 0. The summed E-state index contributed by atoms with van der Waals surface area (Å²) in [6, 6.07) is 0. The molecule has 0 spiro atoms. The van der Waals surface area contributed by atoms with Crippen LogP contribution in [0.15, 0.2) is 16.8 Å². The van der Waals surface area contributed by atoms with Crippen molar-refractivity contribution >= 4 is 6.21 Å². The van der Waals surface area contributed by atoms with Crippen molar-refractivity contribution < 1.29 is 5.11 Å². The van der Waals surface area contributed by atoms with Crippen LogP contribution < -0.4 is 5.32 Å². The van der Waals surface area contributed by atoms with E-state index in [9.17, 15) is 0 Å². The first-order valence-corrected chi connectivity index (χ1v) is 3.25. The van der Waals surface area contributed by atoms with Gasteiger partial charge in [-0.05, 0) is 13.0 Å². The molecule has 0 aromatic carbocycles. The van der Waals surface area contributed by atoms with E-state index in [0.717, 1.165) is 5.70 Å². The molecule has 2 N–H and O–H groups in total. The predicted molar refractivity (Wildman–Crippen MR) is 43.3 cm³/mol. The molecule has 0 aliphatic carbocycles. The van der Waals surface area contributed by atoms with Crippen LogP contribution in [0.1, 0.15) is 6.92 Å². The van der Waals surface area contributed by atoms with E-state index >= 15 is 0 Å². The van der Waals surface area contributed by atoms with Crippen LogP contribution in [0.3, 0.4) is 0 Å². The average molecular weight is 142 g/mol. The summed E-state index contributed by atoms with van der Waals surface area (Å²) in [6.45, 7) is 2.69. The molecule has 3 nitrogen and oxygen atoms in total. The van der Waals surface area contributed by atoms with Crippen LogP contribution in [-0.4, -0.2) is 31.5 Å². The Morgan fingerprint density at radius 3 is 2.90 bits per heavy atom. The van der Waals surface area contributed by atoms with Gasteiger partial charge in [-0.1, -0.05) is 0 Å². The van der Waals surface area contributed by atoms with Gasteiger partial charge in [0.25, 0.3) is 0 Å². The van der Waals surface area contributed by atoms with E-state index < -0.39 is 0 Å². The molecule has 0 fully saturated rings. The summed E-state index contributed by atoms with van der Waals surface area (Å²) in [7, 11) is 1.72. The highest BCUT2D eigenvalue weighted by Gasteiger charge is 1.82. The maximum Gasteiger partial charge on any atom is 0.0603 e. The number of hydrogen-bond donors (Lipinski definition) is 2. The van der Waals surface area contributed by atoms with E-state index in [4.69, 9.17) is 5.11 Å². The van der Waals surface area contributed by atoms with Gasteiger partial charge >= 0.3 is 0 Å². The van der Waals surface area contributed by atoms with Crippen LogP contribution in [0.25, 0.3) is 0 Å². The lowest BCUT2D eigenvalue weighted by atomic mass is 10.4. The highest BCUT2D eigenvalue weighted by molar-refractivity contribution is 5.71. The van der Waals surface area contributed by atoms with E-state index in [-0.39, 0.29) is 6.61 Å². The number of aliphatic hydroxyl groups is 1. The Bertz CT molecular complexity index is 130. The molecule has 0 unspecified atom stereocenters. The zero-order valence-corrected chi connectivity index (χ0v) is 6.46. The standard InChI is InChI=1S/C7H14N2O/c1-7(3-4-8-2)9-5-6-10/h3-4,9-10H,5-6H2,1-2H3/b7-3+,8-4?. The fraction of sp³-hybridized carbons (Fsp3) is 0.571. The molecule has 0 amide bonds. The molecular formula is C7H14N2O. The van der Waals surface area contributed by atoms with Crippen LogP contribution >= 0.6 is 0 Å². The van der Waals surface area contributed by atoms with E-state index in [1.54, 1.807) is 13.3 Å². The van der Waals surface area contributed by atoms with Gasteiger partial charge in [-0.25, -0.2) is 0 Å². The number of nitrogens with one attached hydrogen (secondary N) is 1. The summed E-state index contributed by atoms with van der Waals surface area (Å²) in [5, 5.41) is 11.4. The fourth-order valence-electron chi connectivity index (χ4n) is 0.498. The number of aliphatic hydroxyl groups excluding tert-OH is 1. The minimum atomic E-state index is 0.161. The van der Waals surface area contributed by atoms with E-state index in [1.165, 1.54) is 0 Å². The van der Waals surface area contributed by atoms with Gasteiger partial charge in [-0.2, -0.15) is 0 Å². The second-order valence-corrected chi connectivity index (χ2v) is 1.91. The topological polar surface area (TPSA) is 44.6 Å². The molecule has 0 heterocycles. The molecule has 0 saturated carbocycles. The second-order valence-electron chi connectivity index (χ2n) is 1.91. The molecule has 0 aliphatic rings. The van der Waals surface area contributed by atoms with Crippen molar-refractivity contribution in [3.8, 4) is 0 Å². The van der Waals surface area contributed by atoms with E-state index in [1.807, 2.05) is 13.0 Å². The molecule has 3 heteroatoms. The number of rotatable bonds is 4. The average Bonchev–Trinajstić information content (AvgIpc) is 1.97. The van der Waals surface area contributed by atoms with Crippen molar-refractivity contribution in [2.24, 2.45) is 4.99 Å². The number of nitrogens with zero attached hydrogens (tertiary/aromatic N) is 1. The van der Waals surface area contributed by atoms with Gasteiger partial charge in [0.2, 0.25) is 0 Å². The van der Waals surface area contributed by atoms with Gasteiger partial charge in [-0.15, -0.1) is 0 Å². The lowest BCUT2D eigenvalue weighted by molar-refractivity contribution is 0.297. The Morgan fingerprint density at radius 2 is 2.40 bits per heavy atom. The SMILES string of the molecule is CN=C/C=C(\C)NCCO. The molecule has 0 saturated heterocycles. The lowest BCUT2D eigenvalue weighted by Gasteiger charge is -2.00. The highest BCUT2D eigenvalue weighted by atomic mass is 16.3. The summed E-state index contributed by atoms with van der Waals surface area (Å²) in [5.74, 6) is 0. The molecule has 0 aliphatic heterocycles. The van der Waals surface area contributed by atoms with Crippen molar-refractivity contribution in [1.29, 1.82) is 0 Å². The first kappa shape index (κ1) is 9.17. The number of hydrogen-bond acceptors (Lipinski definition) is 3. The van der Waals surface area contributed by atoms with Crippen molar-refractivity contribution in [3.05, 3.63) is 11.8 Å². The van der Waals surface area contributed by atoms with Gasteiger partial charge in [-0.3, -0.25) is 4.99 Å². The fourth-order valence-corrected chi connectivity index (χ4v) is 0.498. The van der Waals surface area contributed by atoms with E-state index in [2.05, 4.69) is 10.3 Å². The minimum absolute atomic E-state index is 0.161. The third-order valence-corrected chi connectivity index (χ3v) is 0.989. The number of aliphatic imine (C=N–C) groups is 1. The minimum Gasteiger partial charge on any atom is -0.395 e. The summed E-state index contributed by atoms with van der Waals surface area (Å²) in [6.07, 6.45) is 3.56. The number of allylic oxidation sites excluding steroid dienone is 2. The first-order valence-electron chi connectivity index (χ1n) is 3.25. The summed E-state index contributed by atoms with van der Waals surface area (Å²) in [5.41, 5.74) is 1.01. The third-order valence-electron chi connectivity index (χ3n) is 0.989. The normalized spacial score (nSPS) is 12.5. The molecule has 0 rings (SSSR count). The maximum absolute atomic E-state index is 8.42. The second kappa shape index (κ2) is 6.29. The zero-order valence-electron chi connectivity index (χ0n) is 6.46. The molecule has 10 heavy (non-hydrogen) atoms. The zero-order chi connectivity index (χ0) is 7.82. The van der Waals surface area contributed by atoms with Crippen LogP contribution in [0.5, 0.6) is 0 Å².